The Morgan fingerprint density at radius 3 is 2.48 bits per heavy atom. The molecule has 1 unspecified atom stereocenters. The first-order valence-corrected chi connectivity index (χ1v) is 11.4. The molecule has 5 nitrogen and oxygen atoms in total. The van der Waals surface area contributed by atoms with Crippen molar-refractivity contribution < 1.29 is 18.8 Å². The van der Waals surface area contributed by atoms with Gasteiger partial charge in [0.25, 0.3) is 0 Å². The fraction of sp³-hybridized carbons (Fsp3) is 0.526. The molecule has 0 aromatic heterocycles. The summed E-state index contributed by atoms with van der Waals surface area (Å²) in [6.07, 6.45) is 1.41. The van der Waals surface area contributed by atoms with Crippen molar-refractivity contribution in [3.63, 3.8) is 0 Å². The molecule has 0 heterocycles. The summed E-state index contributed by atoms with van der Waals surface area (Å²) in [5, 5.41) is 0.119. The van der Waals surface area contributed by atoms with Crippen LogP contribution in [0.15, 0.2) is 43.0 Å². The summed E-state index contributed by atoms with van der Waals surface area (Å²) in [6.45, 7) is 15.2. The second-order valence-corrected chi connectivity index (χ2v) is 12.3. The van der Waals surface area contributed by atoms with E-state index in [1.54, 1.807) is 6.08 Å². The molecule has 0 saturated heterocycles. The van der Waals surface area contributed by atoms with E-state index in [0.29, 0.717) is 13.0 Å². The van der Waals surface area contributed by atoms with Crippen molar-refractivity contribution in [3.8, 4) is 0 Å². The van der Waals surface area contributed by atoms with Crippen molar-refractivity contribution in [2.45, 2.75) is 58.0 Å². The van der Waals surface area contributed by atoms with Crippen LogP contribution in [0.5, 0.6) is 0 Å². The molecule has 0 radical (unpaired) electrons. The number of hydrogen-bond donors (Lipinski definition) is 1. The number of amides is 1. The molecule has 0 bridgehead atoms. The lowest BCUT2D eigenvalue weighted by atomic mass is 10.2. The Morgan fingerprint density at radius 2 is 1.92 bits per heavy atom. The minimum atomic E-state index is -1.87. The summed E-state index contributed by atoms with van der Waals surface area (Å²) in [5.41, 5.74) is 3.26. The van der Waals surface area contributed by atoms with E-state index < -0.39 is 14.4 Å². The van der Waals surface area contributed by atoms with Crippen LogP contribution < -0.4 is 5.48 Å². The van der Waals surface area contributed by atoms with Crippen molar-refractivity contribution in [1.82, 2.24) is 5.48 Å². The number of ether oxygens (including phenoxy) is 1. The molecular weight excluding hydrogens is 334 g/mol. The predicted molar refractivity (Wildman–Crippen MR) is 103 cm³/mol. The van der Waals surface area contributed by atoms with E-state index in [4.69, 9.17) is 14.0 Å². The Bertz CT molecular complexity index is 540. The van der Waals surface area contributed by atoms with E-state index in [1.165, 1.54) is 0 Å². The highest BCUT2D eigenvalue weighted by molar-refractivity contribution is 6.74. The van der Waals surface area contributed by atoms with Crippen LogP contribution >= 0.6 is 0 Å². The van der Waals surface area contributed by atoms with Gasteiger partial charge in [0.15, 0.2) is 8.32 Å². The third kappa shape index (κ3) is 7.86. The topological polar surface area (TPSA) is 56.8 Å². The lowest BCUT2D eigenvalue weighted by Gasteiger charge is -2.37. The van der Waals surface area contributed by atoms with Gasteiger partial charge < -0.3 is 9.16 Å². The van der Waals surface area contributed by atoms with Gasteiger partial charge in [0.2, 0.25) is 0 Å². The first-order chi connectivity index (χ1) is 11.7. The molecule has 1 atom stereocenters. The maximum atomic E-state index is 11.8. The summed E-state index contributed by atoms with van der Waals surface area (Å²) < 4.78 is 11.3. The molecule has 0 aliphatic carbocycles. The Morgan fingerprint density at radius 1 is 1.28 bits per heavy atom. The van der Waals surface area contributed by atoms with Gasteiger partial charge in [-0.2, -0.15) is 5.48 Å². The van der Waals surface area contributed by atoms with Crippen LogP contribution in [-0.2, 0) is 20.6 Å². The smallest absolute Gasteiger partial charge is 0.431 e. The van der Waals surface area contributed by atoms with Crippen LogP contribution in [0.1, 0.15) is 32.8 Å². The summed E-state index contributed by atoms with van der Waals surface area (Å²) in [7, 11) is -1.87. The van der Waals surface area contributed by atoms with Crippen molar-refractivity contribution in [3.05, 3.63) is 48.6 Å². The van der Waals surface area contributed by atoms with Crippen molar-refractivity contribution in [1.29, 1.82) is 0 Å². The van der Waals surface area contributed by atoms with Gasteiger partial charge in [0, 0.05) is 0 Å². The molecule has 1 amide bonds. The number of nitrogens with one attached hydrogen (secondary N) is 1. The van der Waals surface area contributed by atoms with Gasteiger partial charge >= 0.3 is 6.09 Å². The first-order valence-electron chi connectivity index (χ1n) is 8.53. The zero-order chi connectivity index (χ0) is 18.9. The highest BCUT2D eigenvalue weighted by atomic mass is 28.4. The summed E-state index contributed by atoms with van der Waals surface area (Å²) in [6, 6.07) is 9.48. The lowest BCUT2D eigenvalue weighted by molar-refractivity contribution is -0.0433. The standard InChI is InChI=1S/C19H31NO4Si/c1-7-11-17(15-23-25(5,6)19(2,3)4)24-20-18(21)22-14-16-12-9-8-10-13-16/h7-10,12-13,17H,1,11,14-15H2,2-6H3,(H,20,21). The normalized spacial score (nSPS) is 13.2. The summed E-state index contributed by atoms with van der Waals surface area (Å²) in [5.74, 6) is 0. The number of carbonyl (C=O) groups excluding carboxylic acids is 1. The number of carbonyl (C=O) groups is 1. The predicted octanol–water partition coefficient (Wildman–Crippen LogP) is 4.81. The molecule has 25 heavy (non-hydrogen) atoms. The second-order valence-electron chi connectivity index (χ2n) is 7.50. The van der Waals surface area contributed by atoms with E-state index in [1.807, 2.05) is 30.3 Å². The zero-order valence-corrected chi connectivity index (χ0v) is 17.0. The van der Waals surface area contributed by atoms with Gasteiger partial charge in [0.05, 0.1) is 6.61 Å². The fourth-order valence-electron chi connectivity index (χ4n) is 1.74. The van der Waals surface area contributed by atoms with Crippen molar-refractivity contribution >= 4 is 14.4 Å². The summed E-state index contributed by atoms with van der Waals surface area (Å²) in [4.78, 5) is 17.2. The number of hydrogen-bond acceptors (Lipinski definition) is 4. The van der Waals surface area contributed by atoms with E-state index in [-0.39, 0.29) is 17.7 Å². The Labute approximate surface area is 152 Å². The molecule has 1 aromatic carbocycles. The van der Waals surface area contributed by atoms with Crippen LogP contribution in [-0.4, -0.2) is 27.1 Å². The number of benzene rings is 1. The summed E-state index contributed by atoms with van der Waals surface area (Å²) >= 11 is 0. The third-order valence-corrected chi connectivity index (χ3v) is 8.89. The minimum Gasteiger partial charge on any atom is -0.443 e. The van der Waals surface area contributed by atoms with Crippen LogP contribution in [0.4, 0.5) is 4.79 Å². The van der Waals surface area contributed by atoms with Gasteiger partial charge in [-0.3, -0.25) is 4.84 Å². The molecule has 1 rings (SSSR count). The highest BCUT2D eigenvalue weighted by Gasteiger charge is 2.37. The first kappa shape index (κ1) is 21.4. The minimum absolute atomic E-state index is 0.119. The van der Waals surface area contributed by atoms with E-state index >= 15 is 0 Å². The third-order valence-electron chi connectivity index (χ3n) is 4.39. The molecule has 1 aromatic rings. The quantitative estimate of drug-likeness (QED) is 0.387. The lowest BCUT2D eigenvalue weighted by Crippen LogP contribution is -2.43. The van der Waals surface area contributed by atoms with Crippen LogP contribution in [0.2, 0.25) is 18.1 Å². The van der Waals surface area contributed by atoms with Gasteiger partial charge in [-0.15, -0.1) is 6.58 Å². The number of hydroxylamine groups is 1. The molecule has 0 saturated carbocycles. The fourth-order valence-corrected chi connectivity index (χ4v) is 2.77. The monoisotopic (exact) mass is 365 g/mol. The molecule has 0 spiro atoms. The van der Waals surface area contributed by atoms with Gasteiger partial charge in [-0.1, -0.05) is 57.2 Å². The van der Waals surface area contributed by atoms with Crippen LogP contribution in [0.25, 0.3) is 0 Å². The SMILES string of the molecule is C=CCC(CO[Si](C)(C)C(C)(C)C)ONC(=O)OCc1ccccc1. The van der Waals surface area contributed by atoms with Gasteiger partial charge in [-0.25, -0.2) is 4.79 Å². The number of rotatable bonds is 9. The Hall–Kier alpha value is -1.63. The Balaban J connectivity index is 2.41. The molecule has 6 heteroatoms. The average Bonchev–Trinajstić information content (AvgIpc) is 2.55. The van der Waals surface area contributed by atoms with Gasteiger partial charge in [0.1, 0.15) is 12.7 Å². The maximum absolute atomic E-state index is 11.8. The second kappa shape index (κ2) is 9.75. The Kier molecular flexibility index (Phi) is 8.35. The van der Waals surface area contributed by atoms with E-state index in [0.717, 1.165) is 5.56 Å². The van der Waals surface area contributed by atoms with Crippen molar-refractivity contribution in [2.75, 3.05) is 6.61 Å². The molecule has 140 valence electrons. The maximum Gasteiger partial charge on any atom is 0.431 e. The molecule has 0 aliphatic heterocycles. The van der Waals surface area contributed by atoms with E-state index in [9.17, 15) is 4.79 Å². The largest absolute Gasteiger partial charge is 0.443 e. The van der Waals surface area contributed by atoms with Crippen molar-refractivity contribution in [2.24, 2.45) is 0 Å². The molecule has 0 aliphatic rings. The van der Waals surface area contributed by atoms with Crippen LogP contribution in [0, 0.1) is 0 Å². The van der Waals surface area contributed by atoms with Gasteiger partial charge in [-0.05, 0) is 30.1 Å². The molecule has 0 fully saturated rings. The van der Waals surface area contributed by atoms with Crippen LogP contribution in [0.3, 0.4) is 0 Å². The van der Waals surface area contributed by atoms with E-state index in [2.05, 4.69) is 45.9 Å². The highest BCUT2D eigenvalue weighted by Crippen LogP contribution is 2.36. The average molecular weight is 366 g/mol. The zero-order valence-electron chi connectivity index (χ0n) is 16.0. The molecular formula is C19H31NO4Si. The molecule has 1 N–H and O–H groups in total.